The van der Waals surface area contributed by atoms with Crippen LogP contribution in [0.15, 0.2) is 66.2 Å². The van der Waals surface area contributed by atoms with Crippen molar-refractivity contribution in [2.75, 3.05) is 16.9 Å². The van der Waals surface area contributed by atoms with Crippen molar-refractivity contribution in [1.29, 1.82) is 0 Å². The highest BCUT2D eigenvalue weighted by molar-refractivity contribution is 6.33. The quantitative estimate of drug-likeness (QED) is 0.261. The van der Waals surface area contributed by atoms with Crippen LogP contribution in [0.4, 0.5) is 11.4 Å². The minimum atomic E-state index is -0.774. The summed E-state index contributed by atoms with van der Waals surface area (Å²) in [7, 11) is 1.45. The van der Waals surface area contributed by atoms with Crippen molar-refractivity contribution in [3.05, 3.63) is 93.0 Å². The molecule has 8 nitrogen and oxygen atoms in total. The molecule has 1 saturated carbocycles. The average molecular weight is 646 g/mol. The number of fused-ring (bicyclic) bond motifs is 4. The van der Waals surface area contributed by atoms with E-state index in [4.69, 9.17) is 27.9 Å². The molecule has 0 bridgehead atoms. The number of phenolic OH excluding ortho intramolecular Hbond substituents is 1. The molecule has 4 aliphatic rings. The topological polar surface area (TPSA) is 104 Å². The van der Waals surface area contributed by atoms with Gasteiger partial charge in [0.05, 0.1) is 42.2 Å². The van der Waals surface area contributed by atoms with Crippen LogP contribution in [0.5, 0.6) is 11.5 Å². The maximum Gasteiger partial charge on any atom is 0.238 e. The predicted molar refractivity (Wildman–Crippen MR) is 170 cm³/mol. The average Bonchev–Trinajstić information content (AvgIpc) is 3.42. The van der Waals surface area contributed by atoms with Gasteiger partial charge in [0.15, 0.2) is 11.5 Å². The van der Waals surface area contributed by atoms with Crippen molar-refractivity contribution < 1.29 is 29.0 Å². The number of imide groups is 2. The molecule has 3 aromatic rings. The summed E-state index contributed by atoms with van der Waals surface area (Å²) in [6.45, 7) is 3.69. The number of amides is 4. The number of aromatic hydroxyl groups is 1. The fraction of sp³-hybridized carbons (Fsp3) is 0.314. The molecule has 1 N–H and O–H groups in total. The molecule has 2 aliphatic carbocycles. The van der Waals surface area contributed by atoms with Gasteiger partial charge in [-0.2, -0.15) is 0 Å². The van der Waals surface area contributed by atoms with Crippen LogP contribution in [0, 0.1) is 43.4 Å². The molecule has 0 spiro atoms. The summed E-state index contributed by atoms with van der Waals surface area (Å²) in [5, 5.41) is 11.6. The molecule has 0 aromatic heterocycles. The summed E-state index contributed by atoms with van der Waals surface area (Å²) in [6.07, 6.45) is 2.51. The fourth-order valence-corrected chi connectivity index (χ4v) is 8.16. The summed E-state index contributed by atoms with van der Waals surface area (Å²) in [4.78, 5) is 58.8. The van der Waals surface area contributed by atoms with Gasteiger partial charge in [0.1, 0.15) is 0 Å². The zero-order valence-corrected chi connectivity index (χ0v) is 26.3. The third-order valence-electron chi connectivity index (χ3n) is 10.0. The van der Waals surface area contributed by atoms with Gasteiger partial charge in [-0.05, 0) is 85.7 Å². The smallest absolute Gasteiger partial charge is 0.238 e. The van der Waals surface area contributed by atoms with E-state index in [0.29, 0.717) is 33.4 Å². The first-order valence-electron chi connectivity index (χ1n) is 14.9. The number of benzene rings is 3. The van der Waals surface area contributed by atoms with Gasteiger partial charge in [-0.25, -0.2) is 9.80 Å². The highest BCUT2D eigenvalue weighted by Gasteiger charge is 2.62. The number of allylic oxidation sites excluding steroid dienone is 2. The molecule has 3 aromatic carbocycles. The molecule has 2 heterocycles. The SMILES string of the molecule is COc1ccc(C2C3=CCC4C(=O)N(c5ccc(C)c(Cl)c5)C(=O)C4C3CC3C(=O)N(c4ccc(C)c(Cl)c4)C(=O)C32)cc1O. The van der Waals surface area contributed by atoms with Gasteiger partial charge < -0.3 is 9.84 Å². The largest absolute Gasteiger partial charge is 0.504 e. The first-order chi connectivity index (χ1) is 21.5. The van der Waals surface area contributed by atoms with Crippen molar-refractivity contribution in [3.8, 4) is 11.5 Å². The van der Waals surface area contributed by atoms with Gasteiger partial charge in [0, 0.05) is 16.0 Å². The van der Waals surface area contributed by atoms with Gasteiger partial charge in [-0.3, -0.25) is 19.2 Å². The third kappa shape index (κ3) is 4.41. The third-order valence-corrected chi connectivity index (χ3v) is 10.9. The van der Waals surface area contributed by atoms with Crippen molar-refractivity contribution in [3.63, 3.8) is 0 Å². The van der Waals surface area contributed by atoms with Crippen LogP contribution in [-0.2, 0) is 19.2 Å². The summed E-state index contributed by atoms with van der Waals surface area (Å²) in [5.74, 6) is -5.12. The van der Waals surface area contributed by atoms with Crippen LogP contribution in [-0.4, -0.2) is 35.8 Å². The lowest BCUT2D eigenvalue weighted by molar-refractivity contribution is -0.126. The first kappa shape index (κ1) is 29.6. The van der Waals surface area contributed by atoms with Crippen molar-refractivity contribution >= 4 is 58.2 Å². The Morgan fingerprint density at radius 1 is 0.733 bits per heavy atom. The van der Waals surface area contributed by atoms with Crippen LogP contribution < -0.4 is 14.5 Å². The molecule has 230 valence electrons. The molecule has 4 amide bonds. The van der Waals surface area contributed by atoms with Gasteiger partial charge >= 0.3 is 0 Å². The second-order valence-corrected chi connectivity index (χ2v) is 13.2. The molecule has 7 rings (SSSR count). The second-order valence-electron chi connectivity index (χ2n) is 12.3. The number of anilines is 2. The zero-order chi connectivity index (χ0) is 31.9. The zero-order valence-electron chi connectivity index (χ0n) is 24.8. The van der Waals surface area contributed by atoms with Gasteiger partial charge in [0.2, 0.25) is 23.6 Å². The highest BCUT2D eigenvalue weighted by atomic mass is 35.5. The predicted octanol–water partition coefficient (Wildman–Crippen LogP) is 6.37. The fourth-order valence-electron chi connectivity index (χ4n) is 7.81. The number of carbonyl (C=O) groups excluding carboxylic acids is 4. The number of rotatable bonds is 4. The molecule has 3 fully saturated rings. The Morgan fingerprint density at radius 3 is 1.87 bits per heavy atom. The van der Waals surface area contributed by atoms with E-state index in [1.165, 1.54) is 16.9 Å². The Bertz CT molecular complexity index is 1850. The lowest BCUT2D eigenvalue weighted by Crippen LogP contribution is -2.43. The minimum absolute atomic E-state index is 0.101. The standard InChI is InChI=1S/C35H30Cl2N2O6/c1-16-4-7-19(13-25(16)36)38-32(41)22-10-9-21-23(30(22)34(38)43)15-24-31(29(21)18-6-11-28(45-3)27(40)12-18)35(44)39(33(24)42)20-8-5-17(2)26(37)14-20/h4-9,11-14,22-24,29-31,40H,10,15H2,1-3H3. The van der Waals surface area contributed by atoms with Crippen LogP contribution in [0.1, 0.15) is 35.4 Å². The highest BCUT2D eigenvalue weighted by Crippen LogP contribution is 2.59. The van der Waals surface area contributed by atoms with Gasteiger partial charge in [0.25, 0.3) is 0 Å². The Labute approximate surface area is 270 Å². The van der Waals surface area contributed by atoms with E-state index in [2.05, 4.69) is 0 Å². The van der Waals surface area contributed by atoms with Crippen LogP contribution in [0.3, 0.4) is 0 Å². The summed E-state index contributed by atoms with van der Waals surface area (Å²) in [6, 6.07) is 15.2. The Hall–Kier alpha value is -4.14. The number of aryl methyl sites for hydroxylation is 2. The van der Waals surface area contributed by atoms with E-state index in [-0.39, 0.29) is 41.5 Å². The van der Waals surface area contributed by atoms with Crippen molar-refractivity contribution in [1.82, 2.24) is 0 Å². The minimum Gasteiger partial charge on any atom is -0.504 e. The van der Waals surface area contributed by atoms with Crippen molar-refractivity contribution in [2.24, 2.45) is 29.6 Å². The van der Waals surface area contributed by atoms with Crippen LogP contribution in [0.25, 0.3) is 0 Å². The monoisotopic (exact) mass is 644 g/mol. The molecule has 10 heteroatoms. The number of ether oxygens (including phenoxy) is 1. The van der Waals surface area contributed by atoms with Gasteiger partial charge in [-0.1, -0.05) is 53.1 Å². The van der Waals surface area contributed by atoms with E-state index < -0.39 is 35.5 Å². The maximum absolute atomic E-state index is 14.3. The molecule has 6 unspecified atom stereocenters. The van der Waals surface area contributed by atoms with Crippen molar-refractivity contribution in [2.45, 2.75) is 32.6 Å². The Kier molecular flexibility index (Phi) is 7.06. The Morgan fingerprint density at radius 2 is 1.31 bits per heavy atom. The summed E-state index contributed by atoms with van der Waals surface area (Å²) >= 11 is 12.8. The molecular formula is C35H30Cl2N2O6. The number of carbonyl (C=O) groups is 4. The van der Waals surface area contributed by atoms with E-state index in [1.54, 1.807) is 54.6 Å². The van der Waals surface area contributed by atoms with Gasteiger partial charge in [-0.15, -0.1) is 0 Å². The molecule has 2 aliphatic heterocycles. The molecule has 0 radical (unpaired) electrons. The number of nitrogens with zero attached hydrogens (tertiary/aromatic N) is 2. The maximum atomic E-state index is 14.3. The number of phenols is 1. The van der Waals surface area contributed by atoms with E-state index in [9.17, 15) is 24.3 Å². The lowest BCUT2D eigenvalue weighted by Gasteiger charge is -2.44. The summed E-state index contributed by atoms with van der Waals surface area (Å²) in [5.41, 5.74) is 3.90. The normalized spacial score (nSPS) is 27.4. The molecule has 45 heavy (non-hydrogen) atoms. The van der Waals surface area contributed by atoms with E-state index in [1.807, 2.05) is 19.9 Å². The second kappa shape index (κ2) is 10.7. The number of hydrogen-bond donors (Lipinski definition) is 1. The Balaban J connectivity index is 1.34. The lowest BCUT2D eigenvalue weighted by atomic mass is 9.57. The van der Waals surface area contributed by atoms with Crippen LogP contribution in [0.2, 0.25) is 10.0 Å². The number of halogens is 2. The number of methoxy groups -OCH3 is 1. The molecule has 6 atom stereocenters. The molecular weight excluding hydrogens is 615 g/mol. The first-order valence-corrected chi connectivity index (χ1v) is 15.6. The molecule has 2 saturated heterocycles. The summed E-state index contributed by atoms with van der Waals surface area (Å²) < 4.78 is 5.26. The van der Waals surface area contributed by atoms with E-state index in [0.717, 1.165) is 16.7 Å². The number of hydrogen-bond acceptors (Lipinski definition) is 6. The van der Waals surface area contributed by atoms with E-state index >= 15 is 0 Å². The van der Waals surface area contributed by atoms with Crippen LogP contribution >= 0.6 is 23.2 Å².